The van der Waals surface area contributed by atoms with E-state index in [0.717, 1.165) is 45.9 Å². The van der Waals surface area contributed by atoms with Crippen LogP contribution in [0.4, 0.5) is 11.4 Å². The number of fused-ring (bicyclic) bond motifs is 1. The highest BCUT2D eigenvalue weighted by Gasteiger charge is 2.35. The maximum Gasteiger partial charge on any atom is 0.247 e. The number of carbonyl (C=O) groups excluding carboxylic acids is 2. The van der Waals surface area contributed by atoms with E-state index in [2.05, 4.69) is 10.5 Å². The summed E-state index contributed by atoms with van der Waals surface area (Å²) in [6.07, 6.45) is 1.35. The molecule has 2 heterocycles. The summed E-state index contributed by atoms with van der Waals surface area (Å²) in [7, 11) is 0. The van der Waals surface area contributed by atoms with E-state index in [0.29, 0.717) is 12.2 Å². The first kappa shape index (κ1) is 22.1. The highest BCUT2D eigenvalue weighted by Crippen LogP contribution is 2.32. The lowest BCUT2D eigenvalue weighted by Crippen LogP contribution is -2.51. The van der Waals surface area contributed by atoms with Gasteiger partial charge in [0, 0.05) is 22.7 Å². The van der Waals surface area contributed by atoms with Crippen LogP contribution < -0.4 is 10.2 Å². The molecule has 1 aromatic heterocycles. The van der Waals surface area contributed by atoms with Crippen LogP contribution in [-0.4, -0.2) is 28.8 Å². The molecule has 0 fully saturated rings. The molecule has 2 aromatic carbocycles. The van der Waals surface area contributed by atoms with Gasteiger partial charge in [0.05, 0.1) is 11.4 Å². The predicted molar refractivity (Wildman–Crippen MR) is 128 cm³/mol. The third-order valence-electron chi connectivity index (χ3n) is 5.79. The molecular weight excluding hydrogens is 422 g/mol. The molecule has 2 amide bonds. The number of hydrogen-bond acceptors (Lipinski definition) is 5. The third-order valence-corrected chi connectivity index (χ3v) is 6.74. The molecule has 32 heavy (non-hydrogen) atoms. The van der Waals surface area contributed by atoms with Crippen molar-refractivity contribution in [2.24, 2.45) is 0 Å². The first-order chi connectivity index (χ1) is 15.4. The zero-order valence-electron chi connectivity index (χ0n) is 18.6. The fourth-order valence-corrected chi connectivity index (χ4v) is 5.02. The minimum absolute atomic E-state index is 0.0713. The second-order valence-corrected chi connectivity index (χ2v) is 9.08. The number of amides is 2. The molecule has 0 bridgehead atoms. The quantitative estimate of drug-likeness (QED) is 0.584. The topological polar surface area (TPSA) is 75.4 Å². The summed E-state index contributed by atoms with van der Waals surface area (Å²) < 4.78 is 5.22. The first-order valence-electron chi connectivity index (χ1n) is 10.7. The number of aryl methyl sites for hydroxylation is 4. The molecule has 6 nitrogen and oxygen atoms in total. The summed E-state index contributed by atoms with van der Waals surface area (Å²) in [5.74, 6) is 1.46. The summed E-state index contributed by atoms with van der Waals surface area (Å²) in [6, 6.07) is 15.0. The molecule has 1 N–H and O–H groups in total. The van der Waals surface area contributed by atoms with Crippen LogP contribution in [-0.2, 0) is 21.8 Å². The lowest BCUT2D eigenvalue weighted by molar-refractivity contribution is -0.122. The van der Waals surface area contributed by atoms with Gasteiger partial charge in [-0.15, -0.1) is 11.8 Å². The number of nitrogens with one attached hydrogen (secondary N) is 1. The molecule has 0 radical (unpaired) electrons. The van der Waals surface area contributed by atoms with Crippen molar-refractivity contribution < 1.29 is 14.1 Å². The summed E-state index contributed by atoms with van der Waals surface area (Å²) in [4.78, 5) is 28.2. The maximum absolute atomic E-state index is 13.4. The van der Waals surface area contributed by atoms with Crippen LogP contribution in [0.2, 0.25) is 0 Å². The Bertz CT molecular complexity index is 1100. The fourth-order valence-electron chi connectivity index (χ4n) is 3.98. The van der Waals surface area contributed by atoms with Crippen LogP contribution in [0.25, 0.3) is 0 Å². The highest BCUT2D eigenvalue weighted by molar-refractivity contribution is 7.99. The Morgan fingerprint density at radius 2 is 1.88 bits per heavy atom. The van der Waals surface area contributed by atoms with Crippen molar-refractivity contribution in [2.45, 2.75) is 45.4 Å². The zero-order chi connectivity index (χ0) is 22.7. The van der Waals surface area contributed by atoms with Gasteiger partial charge in [-0.2, -0.15) is 0 Å². The Kier molecular flexibility index (Phi) is 6.65. The van der Waals surface area contributed by atoms with Crippen molar-refractivity contribution in [3.05, 3.63) is 76.7 Å². The van der Waals surface area contributed by atoms with E-state index in [1.54, 1.807) is 4.90 Å². The molecule has 1 atom stereocenters. The lowest BCUT2D eigenvalue weighted by atomic mass is 9.95. The number of nitrogens with zero attached hydrogens (tertiary/aromatic N) is 2. The van der Waals surface area contributed by atoms with Gasteiger partial charge in [0.15, 0.2) is 0 Å². The van der Waals surface area contributed by atoms with Crippen LogP contribution in [0, 0.1) is 20.8 Å². The van der Waals surface area contributed by atoms with E-state index < -0.39 is 6.04 Å². The third kappa shape index (κ3) is 4.72. The van der Waals surface area contributed by atoms with E-state index in [1.807, 2.05) is 69.3 Å². The average Bonchev–Trinajstić information content (AvgIpc) is 3.11. The van der Waals surface area contributed by atoms with Crippen molar-refractivity contribution in [3.8, 4) is 0 Å². The second-order valence-electron chi connectivity index (χ2n) is 8.10. The van der Waals surface area contributed by atoms with Crippen molar-refractivity contribution in [2.75, 3.05) is 16.0 Å². The fraction of sp³-hybridized carbons (Fsp3) is 0.320. The highest BCUT2D eigenvalue weighted by atomic mass is 32.2. The van der Waals surface area contributed by atoms with Crippen LogP contribution in [0.1, 0.15) is 34.6 Å². The van der Waals surface area contributed by atoms with E-state index in [-0.39, 0.29) is 17.6 Å². The normalized spacial score (nSPS) is 15.3. The number of carbonyl (C=O) groups is 2. The van der Waals surface area contributed by atoms with Gasteiger partial charge in [-0.25, -0.2) is 0 Å². The van der Waals surface area contributed by atoms with Crippen LogP contribution in [0.3, 0.4) is 0 Å². The lowest BCUT2D eigenvalue weighted by Gasteiger charge is -2.36. The molecule has 1 aliphatic rings. The van der Waals surface area contributed by atoms with Crippen molar-refractivity contribution >= 4 is 35.0 Å². The number of aromatic nitrogens is 1. The van der Waals surface area contributed by atoms with Gasteiger partial charge in [-0.1, -0.05) is 41.1 Å². The molecule has 0 aliphatic carbocycles. The van der Waals surface area contributed by atoms with Gasteiger partial charge < -0.3 is 9.84 Å². The Balaban J connectivity index is 1.51. The molecular formula is C25H27N3O3S. The maximum atomic E-state index is 13.4. The Labute approximate surface area is 192 Å². The second kappa shape index (κ2) is 9.61. The number of rotatable bonds is 6. The Morgan fingerprint density at radius 1 is 1.12 bits per heavy atom. The molecule has 1 unspecified atom stereocenters. The predicted octanol–water partition coefficient (Wildman–Crippen LogP) is 4.82. The van der Waals surface area contributed by atoms with E-state index >= 15 is 0 Å². The minimum atomic E-state index is -0.543. The number of hydrogen-bond donors (Lipinski definition) is 1. The first-order valence-corrected chi connectivity index (χ1v) is 11.9. The molecule has 3 aromatic rings. The van der Waals surface area contributed by atoms with Crippen LogP contribution in [0.5, 0.6) is 0 Å². The minimum Gasteiger partial charge on any atom is -0.361 e. The van der Waals surface area contributed by atoms with Crippen molar-refractivity contribution in [3.63, 3.8) is 0 Å². The monoisotopic (exact) mass is 449 g/mol. The van der Waals surface area contributed by atoms with Crippen molar-refractivity contribution in [1.82, 2.24) is 5.16 Å². The Morgan fingerprint density at radius 3 is 2.59 bits per heavy atom. The number of thioether (sulfide) groups is 1. The molecule has 7 heteroatoms. The molecule has 166 valence electrons. The number of para-hydroxylation sites is 1. The number of anilines is 2. The van der Waals surface area contributed by atoms with Gasteiger partial charge >= 0.3 is 0 Å². The van der Waals surface area contributed by atoms with Gasteiger partial charge in [0.2, 0.25) is 11.8 Å². The Hall–Kier alpha value is -3.06. The van der Waals surface area contributed by atoms with Crippen molar-refractivity contribution in [1.29, 1.82) is 0 Å². The van der Waals surface area contributed by atoms with E-state index in [4.69, 9.17) is 4.52 Å². The number of benzene rings is 2. The molecule has 0 saturated carbocycles. The molecule has 0 saturated heterocycles. The molecule has 4 rings (SSSR count). The van der Waals surface area contributed by atoms with E-state index in [1.165, 1.54) is 11.8 Å². The van der Waals surface area contributed by atoms with Gasteiger partial charge in [-0.3, -0.25) is 14.5 Å². The smallest absolute Gasteiger partial charge is 0.247 e. The van der Waals surface area contributed by atoms with Gasteiger partial charge in [0.1, 0.15) is 11.8 Å². The van der Waals surface area contributed by atoms with Gasteiger partial charge in [-0.05, 0) is 57.4 Å². The standard InChI is InChI=1S/C25H27N3O3S/c1-16-8-11-20(12-9-16)26-25(30)23-13-10-19-6-4-5-7-22(19)28(23)24(29)15-32-14-21-17(2)27-31-18(21)3/h4-9,11-12,23H,10,13-15H2,1-3H3,(H,26,30). The average molecular weight is 450 g/mol. The summed E-state index contributed by atoms with van der Waals surface area (Å²) in [5, 5.41) is 6.97. The largest absolute Gasteiger partial charge is 0.361 e. The van der Waals surface area contributed by atoms with E-state index in [9.17, 15) is 9.59 Å². The summed E-state index contributed by atoms with van der Waals surface area (Å²) >= 11 is 1.51. The zero-order valence-corrected chi connectivity index (χ0v) is 19.4. The SMILES string of the molecule is Cc1ccc(NC(=O)C2CCc3ccccc3N2C(=O)CSCc2c(C)noc2C)cc1. The summed E-state index contributed by atoms with van der Waals surface area (Å²) in [6.45, 7) is 5.79. The van der Waals surface area contributed by atoms with Crippen LogP contribution in [0.15, 0.2) is 53.1 Å². The van der Waals surface area contributed by atoms with Crippen LogP contribution >= 0.6 is 11.8 Å². The van der Waals surface area contributed by atoms with Gasteiger partial charge in [0.25, 0.3) is 0 Å². The molecule has 0 spiro atoms. The molecule has 1 aliphatic heterocycles. The summed E-state index contributed by atoms with van der Waals surface area (Å²) in [5.41, 5.74) is 5.65.